The first kappa shape index (κ1) is 32.4. The zero-order valence-corrected chi connectivity index (χ0v) is 15.8. The molecular formula is C18H31F5O2S. The fourth-order valence-corrected chi connectivity index (χ4v) is 3.59. The Morgan fingerprint density at radius 1 is 0.962 bits per heavy atom. The Balaban J connectivity index is -0.000000484. The van der Waals surface area contributed by atoms with Gasteiger partial charge in [0.05, 0.1) is 18.0 Å². The van der Waals surface area contributed by atoms with Gasteiger partial charge < -0.3 is 4.18 Å². The lowest BCUT2D eigenvalue weighted by atomic mass is 9.80. The summed E-state index contributed by atoms with van der Waals surface area (Å²) in [6, 6.07) is 9.80. The minimum atomic E-state index is -0.0316. The Morgan fingerprint density at radius 3 is 2.08 bits per heavy atom. The van der Waals surface area contributed by atoms with Crippen LogP contribution in [0.2, 0.25) is 0 Å². The van der Waals surface area contributed by atoms with Crippen LogP contribution in [0.1, 0.15) is 58.3 Å². The van der Waals surface area contributed by atoms with Crippen LogP contribution in [0.15, 0.2) is 35.2 Å². The Kier molecular flexibility index (Phi) is 23.0. The maximum absolute atomic E-state index is 12.1. The highest BCUT2D eigenvalue weighted by Gasteiger charge is 2.27. The van der Waals surface area contributed by atoms with Gasteiger partial charge in [0.25, 0.3) is 0 Å². The van der Waals surface area contributed by atoms with Crippen LogP contribution in [0.4, 0.5) is 23.5 Å². The van der Waals surface area contributed by atoms with Gasteiger partial charge in [-0.15, -0.1) is 0 Å². The van der Waals surface area contributed by atoms with Crippen LogP contribution in [0.3, 0.4) is 0 Å². The molecule has 0 atom stereocenters. The SMILES string of the molecule is CCCCCC1CCC(C(=O)OSc2ccccc2)CC1.F.F.F.F.F. The Labute approximate surface area is 156 Å². The molecule has 0 N–H and O–H groups in total. The summed E-state index contributed by atoms with van der Waals surface area (Å²) >= 11 is 1.19. The van der Waals surface area contributed by atoms with Crippen LogP contribution in [0.25, 0.3) is 0 Å². The third kappa shape index (κ3) is 11.3. The van der Waals surface area contributed by atoms with Gasteiger partial charge in [-0.05, 0) is 43.7 Å². The Hall–Kier alpha value is -1.31. The van der Waals surface area contributed by atoms with E-state index in [9.17, 15) is 4.79 Å². The summed E-state index contributed by atoms with van der Waals surface area (Å²) in [6.45, 7) is 2.25. The molecular weight excluding hydrogens is 375 g/mol. The lowest BCUT2D eigenvalue weighted by Gasteiger charge is -2.26. The molecule has 1 aliphatic rings. The highest BCUT2D eigenvalue weighted by atomic mass is 32.2. The van der Waals surface area contributed by atoms with Gasteiger partial charge in [0.15, 0.2) is 0 Å². The number of carbonyl (C=O) groups excluding carboxylic acids is 1. The Bertz CT molecular complexity index is 429. The van der Waals surface area contributed by atoms with Crippen LogP contribution in [-0.4, -0.2) is 5.97 Å². The molecule has 1 saturated carbocycles. The molecule has 0 bridgehead atoms. The van der Waals surface area contributed by atoms with Gasteiger partial charge in [0, 0.05) is 4.90 Å². The van der Waals surface area contributed by atoms with E-state index in [1.165, 1.54) is 50.6 Å². The van der Waals surface area contributed by atoms with Crippen molar-refractivity contribution in [2.45, 2.75) is 63.2 Å². The van der Waals surface area contributed by atoms with Crippen molar-refractivity contribution in [2.75, 3.05) is 0 Å². The van der Waals surface area contributed by atoms with Crippen molar-refractivity contribution in [1.29, 1.82) is 0 Å². The molecule has 1 aromatic carbocycles. The third-order valence-electron chi connectivity index (χ3n) is 4.36. The van der Waals surface area contributed by atoms with E-state index in [0.717, 1.165) is 23.7 Å². The molecule has 1 aromatic rings. The van der Waals surface area contributed by atoms with E-state index < -0.39 is 0 Å². The number of carbonyl (C=O) groups is 1. The van der Waals surface area contributed by atoms with Crippen molar-refractivity contribution < 1.29 is 32.5 Å². The minimum absolute atomic E-state index is 0. The predicted octanol–water partition coefficient (Wildman–Crippen LogP) is 6.39. The number of hydrogen-bond acceptors (Lipinski definition) is 3. The average molecular weight is 407 g/mol. The quantitative estimate of drug-likeness (QED) is 0.298. The maximum Gasteiger partial charge on any atom is 0.321 e. The van der Waals surface area contributed by atoms with E-state index >= 15 is 0 Å². The van der Waals surface area contributed by atoms with Crippen molar-refractivity contribution in [3.63, 3.8) is 0 Å². The van der Waals surface area contributed by atoms with Crippen molar-refractivity contribution >= 4 is 18.0 Å². The van der Waals surface area contributed by atoms with Crippen molar-refractivity contribution in [3.05, 3.63) is 30.3 Å². The summed E-state index contributed by atoms with van der Waals surface area (Å²) in [4.78, 5) is 13.1. The lowest BCUT2D eigenvalue weighted by molar-refractivity contribution is -0.138. The van der Waals surface area contributed by atoms with Crippen LogP contribution < -0.4 is 0 Å². The fourth-order valence-electron chi connectivity index (χ4n) is 3.00. The Morgan fingerprint density at radius 2 is 1.54 bits per heavy atom. The summed E-state index contributed by atoms with van der Waals surface area (Å²) in [5, 5.41) is 0. The number of benzene rings is 1. The zero-order valence-electron chi connectivity index (χ0n) is 15.0. The molecule has 0 radical (unpaired) electrons. The van der Waals surface area contributed by atoms with Gasteiger partial charge in [0.2, 0.25) is 0 Å². The molecule has 1 fully saturated rings. The third-order valence-corrected chi connectivity index (χ3v) is 5.07. The standard InChI is InChI=1S/C18H26O2S.5FH/c1-2-3-5-8-15-11-13-16(14-12-15)18(19)20-21-17-9-6-4-7-10-17;;;;;/h4,6-7,9-10,15-16H,2-3,5,8,11-14H2,1H3;5*1H. The summed E-state index contributed by atoms with van der Waals surface area (Å²) in [5.41, 5.74) is 0. The topological polar surface area (TPSA) is 26.3 Å². The number of hydrogen-bond donors (Lipinski definition) is 0. The van der Waals surface area contributed by atoms with Crippen molar-refractivity contribution in [1.82, 2.24) is 0 Å². The van der Waals surface area contributed by atoms with Crippen LogP contribution in [0, 0.1) is 11.8 Å². The van der Waals surface area contributed by atoms with Crippen molar-refractivity contribution in [2.24, 2.45) is 11.8 Å². The molecule has 0 aliphatic heterocycles. The summed E-state index contributed by atoms with van der Waals surface area (Å²) in [5.74, 6) is 0.918. The van der Waals surface area contributed by atoms with E-state index in [4.69, 9.17) is 4.18 Å². The molecule has 156 valence electrons. The molecule has 0 heterocycles. The molecule has 2 rings (SSSR count). The second-order valence-electron chi connectivity index (χ2n) is 6.01. The molecule has 0 amide bonds. The molecule has 0 aromatic heterocycles. The van der Waals surface area contributed by atoms with Gasteiger partial charge in [-0.2, -0.15) is 0 Å². The lowest BCUT2D eigenvalue weighted by Crippen LogP contribution is -2.22. The van der Waals surface area contributed by atoms with E-state index in [0.29, 0.717) is 0 Å². The first-order valence-electron chi connectivity index (χ1n) is 8.23. The van der Waals surface area contributed by atoms with Gasteiger partial charge >= 0.3 is 5.97 Å². The highest BCUT2D eigenvalue weighted by molar-refractivity contribution is 7.95. The summed E-state index contributed by atoms with van der Waals surface area (Å²) in [7, 11) is 0. The van der Waals surface area contributed by atoms with Crippen LogP contribution >= 0.6 is 12.0 Å². The molecule has 0 saturated heterocycles. The molecule has 0 unspecified atom stereocenters. The fraction of sp³-hybridized carbons (Fsp3) is 0.611. The van der Waals surface area contributed by atoms with Crippen LogP contribution in [0.5, 0.6) is 0 Å². The number of halogens is 5. The largest absolute Gasteiger partial charge is 0.386 e. The van der Waals surface area contributed by atoms with Crippen molar-refractivity contribution in [3.8, 4) is 0 Å². The van der Waals surface area contributed by atoms with E-state index in [1.807, 2.05) is 30.3 Å². The number of rotatable bonds is 7. The molecule has 8 heteroatoms. The molecule has 0 spiro atoms. The van der Waals surface area contributed by atoms with Gasteiger partial charge in [-0.3, -0.25) is 28.3 Å². The second-order valence-corrected chi connectivity index (χ2v) is 6.82. The van der Waals surface area contributed by atoms with E-state index in [-0.39, 0.29) is 35.4 Å². The smallest absolute Gasteiger partial charge is 0.321 e. The molecule has 2 nitrogen and oxygen atoms in total. The van der Waals surface area contributed by atoms with Gasteiger partial charge in [-0.25, -0.2) is 0 Å². The van der Waals surface area contributed by atoms with E-state index in [1.54, 1.807) is 0 Å². The molecule has 1 aliphatic carbocycles. The molecule has 26 heavy (non-hydrogen) atoms. The first-order valence-corrected chi connectivity index (χ1v) is 8.97. The van der Waals surface area contributed by atoms with E-state index in [2.05, 4.69) is 6.92 Å². The average Bonchev–Trinajstić information content (AvgIpc) is 2.54. The maximum atomic E-state index is 12.1. The predicted molar refractivity (Wildman–Crippen MR) is 100 cm³/mol. The monoisotopic (exact) mass is 406 g/mol. The minimum Gasteiger partial charge on any atom is -0.386 e. The normalized spacial score (nSPS) is 17.7. The zero-order chi connectivity index (χ0) is 14.9. The van der Waals surface area contributed by atoms with Gasteiger partial charge in [0.1, 0.15) is 0 Å². The highest BCUT2D eigenvalue weighted by Crippen LogP contribution is 2.33. The summed E-state index contributed by atoms with van der Waals surface area (Å²) in [6.07, 6.45) is 9.72. The second kappa shape index (κ2) is 18.5. The van der Waals surface area contributed by atoms with Crippen LogP contribution in [-0.2, 0) is 8.98 Å². The van der Waals surface area contributed by atoms with Gasteiger partial charge in [-0.1, -0.05) is 50.8 Å². The number of unbranched alkanes of at least 4 members (excludes halogenated alkanes) is 2. The summed E-state index contributed by atoms with van der Waals surface area (Å²) < 4.78 is 5.38. The first-order chi connectivity index (χ1) is 10.3.